The number of benzene rings is 3. The standard InChI is InChI=1S/C24H20N2O3/c1-29-24(28)21(15-16-9-3-2-4-10-16)26-23(27)22-17-11-5-7-13-19(17)25-20-14-8-6-12-18(20)22/h2-14,21H,15H2,1H3,(H,26,27)/t21-/m1/s1. The van der Waals surface area contributed by atoms with Gasteiger partial charge in [0.2, 0.25) is 0 Å². The highest BCUT2D eigenvalue weighted by Gasteiger charge is 2.25. The molecule has 5 heteroatoms. The maximum Gasteiger partial charge on any atom is 0.328 e. The first-order valence-electron chi connectivity index (χ1n) is 9.37. The summed E-state index contributed by atoms with van der Waals surface area (Å²) in [5.74, 6) is -0.809. The van der Waals surface area contributed by atoms with E-state index in [9.17, 15) is 9.59 Å². The Hall–Kier alpha value is -3.73. The number of para-hydroxylation sites is 2. The zero-order valence-corrected chi connectivity index (χ0v) is 16.0. The van der Waals surface area contributed by atoms with Crippen molar-refractivity contribution in [1.29, 1.82) is 0 Å². The van der Waals surface area contributed by atoms with Crippen molar-refractivity contribution in [2.45, 2.75) is 12.5 Å². The van der Waals surface area contributed by atoms with Crippen LogP contribution in [0.5, 0.6) is 0 Å². The number of esters is 1. The van der Waals surface area contributed by atoms with Crippen LogP contribution in [0.15, 0.2) is 78.9 Å². The lowest BCUT2D eigenvalue weighted by Crippen LogP contribution is -2.43. The molecular formula is C24H20N2O3. The zero-order valence-electron chi connectivity index (χ0n) is 16.0. The summed E-state index contributed by atoms with van der Waals surface area (Å²) < 4.78 is 4.93. The molecule has 1 amide bonds. The summed E-state index contributed by atoms with van der Waals surface area (Å²) >= 11 is 0. The van der Waals surface area contributed by atoms with Crippen LogP contribution in [0, 0.1) is 0 Å². The van der Waals surface area contributed by atoms with Crippen molar-refractivity contribution in [3.05, 3.63) is 90.0 Å². The maximum atomic E-state index is 13.3. The van der Waals surface area contributed by atoms with Gasteiger partial charge in [0, 0.05) is 17.2 Å². The van der Waals surface area contributed by atoms with E-state index in [2.05, 4.69) is 10.3 Å². The van der Waals surface area contributed by atoms with Crippen LogP contribution >= 0.6 is 0 Å². The average Bonchev–Trinajstić information content (AvgIpc) is 2.77. The van der Waals surface area contributed by atoms with E-state index >= 15 is 0 Å². The van der Waals surface area contributed by atoms with Gasteiger partial charge in [-0.15, -0.1) is 0 Å². The Morgan fingerprint density at radius 3 is 2.00 bits per heavy atom. The van der Waals surface area contributed by atoms with E-state index in [4.69, 9.17) is 4.74 Å². The van der Waals surface area contributed by atoms with Crippen LogP contribution in [-0.4, -0.2) is 30.0 Å². The fraction of sp³-hybridized carbons (Fsp3) is 0.125. The zero-order chi connectivity index (χ0) is 20.2. The number of hydrogen-bond donors (Lipinski definition) is 1. The van der Waals surface area contributed by atoms with Gasteiger partial charge >= 0.3 is 5.97 Å². The minimum Gasteiger partial charge on any atom is -0.467 e. The van der Waals surface area contributed by atoms with E-state index in [1.54, 1.807) is 0 Å². The minimum atomic E-state index is -0.791. The van der Waals surface area contributed by atoms with E-state index in [1.807, 2.05) is 78.9 Å². The fourth-order valence-corrected chi connectivity index (χ4v) is 3.50. The Labute approximate surface area is 168 Å². The second kappa shape index (κ2) is 8.10. The van der Waals surface area contributed by atoms with Crippen molar-refractivity contribution in [3.63, 3.8) is 0 Å². The number of nitrogens with one attached hydrogen (secondary N) is 1. The first kappa shape index (κ1) is 18.6. The van der Waals surface area contributed by atoms with Crippen LogP contribution in [-0.2, 0) is 16.0 Å². The van der Waals surface area contributed by atoms with Crippen molar-refractivity contribution in [3.8, 4) is 0 Å². The lowest BCUT2D eigenvalue weighted by Gasteiger charge is -2.18. The van der Waals surface area contributed by atoms with Crippen LogP contribution in [0.25, 0.3) is 21.8 Å². The molecular weight excluding hydrogens is 364 g/mol. The molecule has 0 aliphatic heterocycles. The molecule has 4 rings (SSSR count). The van der Waals surface area contributed by atoms with Gasteiger partial charge in [-0.3, -0.25) is 4.79 Å². The number of nitrogens with zero attached hydrogens (tertiary/aromatic N) is 1. The first-order chi connectivity index (χ1) is 14.2. The second-order valence-corrected chi connectivity index (χ2v) is 6.76. The van der Waals surface area contributed by atoms with Gasteiger partial charge in [0.15, 0.2) is 0 Å². The molecule has 0 radical (unpaired) electrons. The number of aromatic nitrogens is 1. The smallest absolute Gasteiger partial charge is 0.328 e. The molecule has 0 fully saturated rings. The Kier molecular flexibility index (Phi) is 5.20. The number of fused-ring (bicyclic) bond motifs is 2. The Balaban J connectivity index is 1.75. The molecule has 0 spiro atoms. The van der Waals surface area contributed by atoms with Crippen molar-refractivity contribution < 1.29 is 14.3 Å². The molecule has 0 aliphatic rings. The summed E-state index contributed by atoms with van der Waals surface area (Å²) in [6.45, 7) is 0. The third kappa shape index (κ3) is 3.80. The predicted molar refractivity (Wildman–Crippen MR) is 113 cm³/mol. The molecule has 5 nitrogen and oxygen atoms in total. The minimum absolute atomic E-state index is 0.328. The highest BCUT2D eigenvalue weighted by atomic mass is 16.5. The van der Waals surface area contributed by atoms with E-state index in [0.29, 0.717) is 12.0 Å². The van der Waals surface area contributed by atoms with Crippen LogP contribution in [0.3, 0.4) is 0 Å². The van der Waals surface area contributed by atoms with E-state index in [-0.39, 0.29) is 5.91 Å². The molecule has 0 unspecified atom stereocenters. The monoisotopic (exact) mass is 384 g/mol. The van der Waals surface area contributed by atoms with Crippen molar-refractivity contribution in [2.75, 3.05) is 7.11 Å². The van der Waals surface area contributed by atoms with Gasteiger partial charge in [-0.2, -0.15) is 0 Å². The summed E-state index contributed by atoms with van der Waals surface area (Å²) in [6.07, 6.45) is 0.347. The van der Waals surface area contributed by atoms with E-state index < -0.39 is 12.0 Å². The largest absolute Gasteiger partial charge is 0.467 e. The molecule has 1 atom stereocenters. The van der Waals surface area contributed by atoms with Crippen LogP contribution in [0.2, 0.25) is 0 Å². The molecule has 0 saturated carbocycles. The van der Waals surface area contributed by atoms with Crippen molar-refractivity contribution >= 4 is 33.7 Å². The lowest BCUT2D eigenvalue weighted by molar-refractivity contribution is -0.142. The molecule has 1 heterocycles. The highest BCUT2D eigenvalue weighted by Crippen LogP contribution is 2.26. The predicted octanol–water partition coefficient (Wildman–Crippen LogP) is 3.90. The lowest BCUT2D eigenvalue weighted by atomic mass is 10.0. The molecule has 3 aromatic carbocycles. The number of ether oxygens (including phenoxy) is 1. The van der Waals surface area contributed by atoms with Gasteiger partial charge in [0.05, 0.1) is 23.7 Å². The van der Waals surface area contributed by atoms with Crippen LogP contribution < -0.4 is 5.32 Å². The van der Waals surface area contributed by atoms with Gasteiger partial charge in [-0.1, -0.05) is 66.7 Å². The van der Waals surface area contributed by atoms with Crippen LogP contribution in [0.1, 0.15) is 15.9 Å². The number of amides is 1. The number of carbonyl (C=O) groups is 2. The summed E-state index contributed by atoms with van der Waals surface area (Å²) in [6, 6.07) is 23.8. The molecule has 4 aromatic rings. The summed E-state index contributed by atoms with van der Waals surface area (Å²) in [4.78, 5) is 30.4. The topological polar surface area (TPSA) is 68.3 Å². The summed E-state index contributed by atoms with van der Waals surface area (Å²) in [5, 5.41) is 4.36. The molecule has 1 aromatic heterocycles. The third-order valence-electron chi connectivity index (χ3n) is 4.89. The number of carbonyl (C=O) groups excluding carboxylic acids is 2. The van der Waals surface area contributed by atoms with Gasteiger partial charge in [-0.05, 0) is 17.7 Å². The van der Waals surface area contributed by atoms with Gasteiger partial charge < -0.3 is 10.1 Å². The average molecular weight is 384 g/mol. The Bertz CT molecular complexity index is 1130. The first-order valence-corrected chi connectivity index (χ1v) is 9.37. The van der Waals surface area contributed by atoms with Gasteiger partial charge in [0.1, 0.15) is 6.04 Å². The quantitative estimate of drug-likeness (QED) is 0.419. The normalized spacial score (nSPS) is 11.9. The second-order valence-electron chi connectivity index (χ2n) is 6.76. The summed E-state index contributed by atoms with van der Waals surface area (Å²) in [5.41, 5.74) is 2.91. The molecule has 0 saturated heterocycles. The Morgan fingerprint density at radius 1 is 0.862 bits per heavy atom. The SMILES string of the molecule is COC(=O)[C@@H](Cc1ccccc1)NC(=O)c1c2ccccc2nc2ccccc12. The molecule has 1 N–H and O–H groups in total. The van der Waals surface area contributed by atoms with Crippen molar-refractivity contribution in [1.82, 2.24) is 10.3 Å². The molecule has 0 aliphatic carbocycles. The van der Waals surface area contributed by atoms with Crippen molar-refractivity contribution in [2.24, 2.45) is 0 Å². The molecule has 0 bridgehead atoms. The molecule has 29 heavy (non-hydrogen) atoms. The number of hydrogen-bond acceptors (Lipinski definition) is 4. The van der Waals surface area contributed by atoms with E-state index in [1.165, 1.54) is 7.11 Å². The third-order valence-corrected chi connectivity index (χ3v) is 4.89. The van der Waals surface area contributed by atoms with Gasteiger partial charge in [0.25, 0.3) is 5.91 Å². The highest BCUT2D eigenvalue weighted by molar-refractivity contribution is 6.16. The summed E-state index contributed by atoms with van der Waals surface area (Å²) in [7, 11) is 1.32. The number of methoxy groups -OCH3 is 1. The van der Waals surface area contributed by atoms with Gasteiger partial charge in [-0.25, -0.2) is 9.78 Å². The fourth-order valence-electron chi connectivity index (χ4n) is 3.50. The van der Waals surface area contributed by atoms with Crippen LogP contribution in [0.4, 0.5) is 0 Å². The van der Waals surface area contributed by atoms with E-state index in [0.717, 1.165) is 27.4 Å². The number of pyridine rings is 1. The maximum absolute atomic E-state index is 13.3. The molecule has 144 valence electrons. The Morgan fingerprint density at radius 2 is 1.41 bits per heavy atom. The number of rotatable bonds is 5.